The molecule has 0 aliphatic heterocycles. The van der Waals surface area contributed by atoms with Crippen LogP contribution in [0.2, 0.25) is 0 Å². The molecule has 2 rings (SSSR count). The number of hydrogen-bond acceptors (Lipinski definition) is 2. The van der Waals surface area contributed by atoms with E-state index in [2.05, 4.69) is 37.2 Å². The third-order valence-electron chi connectivity index (χ3n) is 3.44. The van der Waals surface area contributed by atoms with Gasteiger partial charge in [-0.1, -0.05) is 13.8 Å². The summed E-state index contributed by atoms with van der Waals surface area (Å²) < 4.78 is 15.5. The van der Waals surface area contributed by atoms with Crippen LogP contribution in [-0.2, 0) is 0 Å². The fourth-order valence-electron chi connectivity index (χ4n) is 2.42. The molecule has 0 atom stereocenters. The lowest BCUT2D eigenvalue weighted by Gasteiger charge is -2.15. The van der Waals surface area contributed by atoms with Crippen molar-refractivity contribution in [1.29, 1.82) is 0 Å². The number of aryl methyl sites for hydroxylation is 1. The van der Waals surface area contributed by atoms with Crippen molar-refractivity contribution in [1.82, 2.24) is 9.55 Å². The molecule has 0 spiro atoms. The third-order valence-corrected chi connectivity index (χ3v) is 3.44. The number of anilines is 1. The van der Waals surface area contributed by atoms with Gasteiger partial charge in [0.2, 0.25) is 0 Å². The van der Waals surface area contributed by atoms with Crippen molar-refractivity contribution in [2.75, 3.05) is 5.73 Å². The zero-order chi connectivity index (χ0) is 15.0. The third kappa shape index (κ3) is 2.42. The number of benzene rings is 1. The van der Waals surface area contributed by atoms with E-state index in [0.29, 0.717) is 11.4 Å². The molecule has 0 unspecified atom stereocenters. The minimum absolute atomic E-state index is 0.209. The van der Waals surface area contributed by atoms with Gasteiger partial charge in [0.1, 0.15) is 23.2 Å². The second kappa shape index (κ2) is 5.27. The first kappa shape index (κ1) is 14.6. The summed E-state index contributed by atoms with van der Waals surface area (Å²) in [4.78, 5) is 4.69. The van der Waals surface area contributed by atoms with Crippen molar-refractivity contribution in [3.8, 4) is 11.3 Å². The predicted molar refractivity (Wildman–Crippen MR) is 81.2 cm³/mol. The summed E-state index contributed by atoms with van der Waals surface area (Å²) in [5, 5.41) is 0. The molecule has 0 aliphatic rings. The van der Waals surface area contributed by atoms with Crippen LogP contribution in [0.15, 0.2) is 18.2 Å². The summed E-state index contributed by atoms with van der Waals surface area (Å²) in [6.07, 6.45) is 0. The zero-order valence-corrected chi connectivity index (χ0v) is 12.7. The fraction of sp³-hybridized carbons (Fsp3) is 0.438. The highest BCUT2D eigenvalue weighted by atomic mass is 19.1. The van der Waals surface area contributed by atoms with Gasteiger partial charge in [0.05, 0.1) is 0 Å². The Balaban J connectivity index is 2.63. The van der Waals surface area contributed by atoms with Crippen molar-refractivity contribution in [2.45, 2.75) is 46.6 Å². The number of nitrogen functional groups attached to an aromatic ring is 1. The van der Waals surface area contributed by atoms with Gasteiger partial charge in [-0.05, 0) is 44.5 Å². The molecular formula is C16H22FN3. The molecule has 0 saturated carbocycles. The Kier molecular flexibility index (Phi) is 3.84. The Bertz CT molecular complexity index is 627. The Morgan fingerprint density at radius 3 is 2.30 bits per heavy atom. The number of nitrogens with two attached hydrogens (primary N) is 1. The molecule has 1 heterocycles. The summed E-state index contributed by atoms with van der Waals surface area (Å²) in [6.45, 7) is 10.1. The number of halogens is 1. The molecule has 0 fully saturated rings. The maximum Gasteiger partial charge on any atom is 0.131 e. The van der Waals surface area contributed by atoms with Gasteiger partial charge >= 0.3 is 0 Å². The van der Waals surface area contributed by atoms with Gasteiger partial charge in [-0.3, -0.25) is 0 Å². The van der Waals surface area contributed by atoms with E-state index < -0.39 is 0 Å². The second-order valence-corrected chi connectivity index (χ2v) is 5.79. The minimum atomic E-state index is -0.209. The SMILES string of the molecule is Cc1cc(-c2nc(C(C)C)n(C(C)C)c2N)ccc1F. The molecule has 2 N–H and O–H groups in total. The maximum atomic E-state index is 13.4. The van der Waals surface area contributed by atoms with Gasteiger partial charge in [0.25, 0.3) is 0 Å². The molecule has 20 heavy (non-hydrogen) atoms. The summed E-state index contributed by atoms with van der Waals surface area (Å²) in [7, 11) is 0. The smallest absolute Gasteiger partial charge is 0.131 e. The summed E-state index contributed by atoms with van der Waals surface area (Å²) in [6, 6.07) is 5.24. The van der Waals surface area contributed by atoms with Crippen LogP contribution in [0.4, 0.5) is 10.2 Å². The van der Waals surface area contributed by atoms with Gasteiger partial charge in [0.15, 0.2) is 0 Å². The molecule has 0 bridgehead atoms. The normalized spacial score (nSPS) is 11.6. The van der Waals surface area contributed by atoms with Crippen LogP contribution in [0, 0.1) is 12.7 Å². The largest absolute Gasteiger partial charge is 0.383 e. The lowest BCUT2D eigenvalue weighted by Crippen LogP contribution is -2.10. The van der Waals surface area contributed by atoms with Gasteiger partial charge in [-0.25, -0.2) is 9.37 Å². The highest BCUT2D eigenvalue weighted by Gasteiger charge is 2.20. The van der Waals surface area contributed by atoms with Crippen molar-refractivity contribution in [3.63, 3.8) is 0 Å². The molecule has 3 nitrogen and oxygen atoms in total. The first-order valence-electron chi connectivity index (χ1n) is 6.97. The number of rotatable bonds is 3. The van der Waals surface area contributed by atoms with Crippen LogP contribution in [0.25, 0.3) is 11.3 Å². The first-order chi connectivity index (χ1) is 9.32. The highest BCUT2D eigenvalue weighted by Crippen LogP contribution is 2.32. The predicted octanol–water partition coefficient (Wildman–Crippen LogP) is 4.28. The van der Waals surface area contributed by atoms with Gasteiger partial charge in [-0.15, -0.1) is 0 Å². The molecule has 0 saturated heterocycles. The van der Waals surface area contributed by atoms with Crippen LogP contribution in [0.1, 0.15) is 51.0 Å². The summed E-state index contributed by atoms with van der Waals surface area (Å²) in [5.74, 6) is 1.69. The fourth-order valence-corrected chi connectivity index (χ4v) is 2.42. The van der Waals surface area contributed by atoms with E-state index in [0.717, 1.165) is 17.1 Å². The number of hydrogen-bond donors (Lipinski definition) is 1. The monoisotopic (exact) mass is 275 g/mol. The number of nitrogens with zero attached hydrogens (tertiary/aromatic N) is 2. The molecule has 0 amide bonds. The summed E-state index contributed by atoms with van der Waals surface area (Å²) in [5.41, 5.74) is 8.48. The van der Waals surface area contributed by atoms with E-state index in [4.69, 9.17) is 5.73 Å². The number of imidazole rings is 1. The molecule has 2 aromatic rings. The van der Waals surface area contributed by atoms with Gasteiger partial charge in [0, 0.05) is 17.5 Å². The highest BCUT2D eigenvalue weighted by molar-refractivity contribution is 5.71. The van der Waals surface area contributed by atoms with Crippen LogP contribution >= 0.6 is 0 Å². The van der Waals surface area contributed by atoms with Crippen molar-refractivity contribution in [2.24, 2.45) is 0 Å². The first-order valence-corrected chi connectivity index (χ1v) is 6.97. The standard InChI is InChI=1S/C16H22FN3/c1-9(2)16-19-14(15(18)20(16)10(3)4)12-6-7-13(17)11(5)8-12/h6-10H,18H2,1-5H3. The Hall–Kier alpha value is -1.84. The average molecular weight is 275 g/mol. The van der Waals surface area contributed by atoms with E-state index >= 15 is 0 Å². The zero-order valence-electron chi connectivity index (χ0n) is 12.7. The van der Waals surface area contributed by atoms with E-state index in [9.17, 15) is 4.39 Å². The van der Waals surface area contributed by atoms with E-state index in [1.54, 1.807) is 19.1 Å². The quantitative estimate of drug-likeness (QED) is 0.908. The molecule has 1 aromatic carbocycles. The van der Waals surface area contributed by atoms with E-state index in [-0.39, 0.29) is 17.8 Å². The Labute approximate surface area is 119 Å². The second-order valence-electron chi connectivity index (χ2n) is 5.79. The summed E-state index contributed by atoms with van der Waals surface area (Å²) >= 11 is 0. The molecule has 0 radical (unpaired) electrons. The van der Waals surface area contributed by atoms with Crippen LogP contribution in [0.5, 0.6) is 0 Å². The van der Waals surface area contributed by atoms with Gasteiger partial charge < -0.3 is 10.3 Å². The van der Waals surface area contributed by atoms with Crippen LogP contribution < -0.4 is 5.73 Å². The molecule has 108 valence electrons. The lowest BCUT2D eigenvalue weighted by atomic mass is 10.1. The molecule has 4 heteroatoms. The Morgan fingerprint density at radius 2 is 1.85 bits per heavy atom. The average Bonchev–Trinajstić information content (AvgIpc) is 2.71. The Morgan fingerprint density at radius 1 is 1.20 bits per heavy atom. The minimum Gasteiger partial charge on any atom is -0.383 e. The van der Waals surface area contributed by atoms with Crippen molar-refractivity contribution in [3.05, 3.63) is 35.4 Å². The topological polar surface area (TPSA) is 43.8 Å². The molecule has 1 aromatic heterocycles. The molecular weight excluding hydrogens is 253 g/mol. The number of aromatic nitrogens is 2. The van der Waals surface area contributed by atoms with Crippen molar-refractivity contribution < 1.29 is 4.39 Å². The van der Waals surface area contributed by atoms with Crippen LogP contribution in [0.3, 0.4) is 0 Å². The van der Waals surface area contributed by atoms with Crippen molar-refractivity contribution >= 4 is 5.82 Å². The molecule has 0 aliphatic carbocycles. The maximum absolute atomic E-state index is 13.4. The van der Waals surface area contributed by atoms with Gasteiger partial charge in [-0.2, -0.15) is 0 Å². The van der Waals surface area contributed by atoms with Crippen LogP contribution in [-0.4, -0.2) is 9.55 Å². The lowest BCUT2D eigenvalue weighted by molar-refractivity contribution is 0.556. The van der Waals surface area contributed by atoms with E-state index in [1.165, 1.54) is 6.07 Å². The van der Waals surface area contributed by atoms with E-state index in [1.807, 2.05) is 0 Å².